The Morgan fingerprint density at radius 3 is 2.83 bits per heavy atom. The van der Waals surface area contributed by atoms with Crippen LogP contribution in [-0.2, 0) is 0 Å². The molecule has 1 aromatic carbocycles. The fraction of sp³-hybridized carbons (Fsp3) is 0.100. The van der Waals surface area contributed by atoms with Crippen LogP contribution in [0.1, 0.15) is 5.56 Å². The maximum atomic E-state index is 4.07. The minimum absolute atomic E-state index is 1.21. The second kappa shape index (κ2) is 3.07. The van der Waals surface area contributed by atoms with Crippen LogP contribution in [0, 0.1) is 6.92 Å². The zero-order chi connectivity index (χ0) is 8.39. The lowest BCUT2D eigenvalue weighted by atomic mass is 10.1. The van der Waals surface area contributed by atoms with Gasteiger partial charge in [0.1, 0.15) is 0 Å². The van der Waals surface area contributed by atoms with Crippen LogP contribution in [0.3, 0.4) is 0 Å². The maximum absolute atomic E-state index is 4.07. The first-order valence-electron chi connectivity index (χ1n) is 3.83. The molecular formula is C10H9NS. The molecule has 0 spiro atoms. The van der Waals surface area contributed by atoms with Gasteiger partial charge in [-0.3, -0.25) is 0 Å². The number of aryl methyl sites for hydroxylation is 1. The molecule has 0 fully saturated rings. The van der Waals surface area contributed by atoms with Crippen LogP contribution in [0.4, 0.5) is 0 Å². The SMILES string of the molecule is Cc1cccc(-c2cnsc2)c1. The van der Waals surface area contributed by atoms with Crippen LogP contribution in [0.25, 0.3) is 11.1 Å². The molecule has 1 aromatic heterocycles. The van der Waals surface area contributed by atoms with E-state index in [9.17, 15) is 0 Å². The first kappa shape index (κ1) is 7.50. The summed E-state index contributed by atoms with van der Waals surface area (Å²) in [6.45, 7) is 2.10. The molecule has 0 aliphatic rings. The Morgan fingerprint density at radius 2 is 2.17 bits per heavy atom. The smallest absolute Gasteiger partial charge is 0.0485 e. The maximum Gasteiger partial charge on any atom is 0.0485 e. The average Bonchev–Trinajstić information content (AvgIpc) is 2.56. The van der Waals surface area contributed by atoms with E-state index in [0.717, 1.165) is 0 Å². The predicted octanol–water partition coefficient (Wildman–Crippen LogP) is 3.12. The van der Waals surface area contributed by atoms with Crippen molar-refractivity contribution in [3.63, 3.8) is 0 Å². The summed E-state index contributed by atoms with van der Waals surface area (Å²) in [7, 11) is 0. The Morgan fingerprint density at radius 1 is 1.25 bits per heavy atom. The quantitative estimate of drug-likeness (QED) is 0.649. The highest BCUT2D eigenvalue weighted by Crippen LogP contribution is 2.20. The van der Waals surface area contributed by atoms with Crippen LogP contribution in [0.2, 0.25) is 0 Å². The first-order valence-corrected chi connectivity index (χ1v) is 4.66. The zero-order valence-electron chi connectivity index (χ0n) is 6.82. The van der Waals surface area contributed by atoms with Crippen LogP contribution < -0.4 is 0 Å². The van der Waals surface area contributed by atoms with E-state index >= 15 is 0 Å². The van der Waals surface area contributed by atoms with Crippen LogP contribution >= 0.6 is 11.5 Å². The molecule has 2 heteroatoms. The van der Waals surface area contributed by atoms with Crippen LogP contribution in [-0.4, -0.2) is 4.37 Å². The summed E-state index contributed by atoms with van der Waals surface area (Å²) in [4.78, 5) is 0. The van der Waals surface area contributed by atoms with Gasteiger partial charge in [0.2, 0.25) is 0 Å². The van der Waals surface area contributed by atoms with Crippen LogP contribution in [0.15, 0.2) is 35.8 Å². The molecule has 60 valence electrons. The van der Waals surface area contributed by atoms with Crippen molar-refractivity contribution < 1.29 is 0 Å². The Labute approximate surface area is 75.9 Å². The fourth-order valence-electron chi connectivity index (χ4n) is 1.17. The lowest BCUT2D eigenvalue weighted by Gasteiger charge is -1.97. The van der Waals surface area contributed by atoms with Gasteiger partial charge in [-0.25, -0.2) is 4.37 Å². The van der Waals surface area contributed by atoms with Gasteiger partial charge in [0.25, 0.3) is 0 Å². The van der Waals surface area contributed by atoms with Crippen LogP contribution in [0.5, 0.6) is 0 Å². The lowest BCUT2D eigenvalue weighted by Crippen LogP contribution is -1.75. The minimum Gasteiger partial charge on any atom is -0.201 e. The van der Waals surface area contributed by atoms with Gasteiger partial charge >= 0.3 is 0 Å². The summed E-state index contributed by atoms with van der Waals surface area (Å²) in [5, 5.41) is 2.06. The number of hydrogen-bond donors (Lipinski definition) is 0. The summed E-state index contributed by atoms with van der Waals surface area (Å²) in [6.07, 6.45) is 1.90. The molecule has 0 bridgehead atoms. The molecule has 0 radical (unpaired) electrons. The molecular weight excluding hydrogens is 166 g/mol. The van der Waals surface area contributed by atoms with Crippen molar-refractivity contribution in [2.75, 3.05) is 0 Å². The Bertz CT molecular complexity index is 365. The second-order valence-electron chi connectivity index (χ2n) is 2.78. The molecule has 1 heterocycles. The van der Waals surface area contributed by atoms with Gasteiger partial charge in [-0.1, -0.05) is 29.8 Å². The molecule has 0 aliphatic heterocycles. The zero-order valence-corrected chi connectivity index (χ0v) is 7.64. The summed E-state index contributed by atoms with van der Waals surface area (Å²) < 4.78 is 4.07. The van der Waals surface area contributed by atoms with Gasteiger partial charge in [-0.05, 0) is 24.0 Å². The van der Waals surface area contributed by atoms with E-state index in [1.54, 1.807) is 0 Å². The molecule has 0 aliphatic carbocycles. The Hall–Kier alpha value is -1.15. The van der Waals surface area contributed by atoms with Crippen molar-refractivity contribution in [3.05, 3.63) is 41.4 Å². The largest absolute Gasteiger partial charge is 0.201 e. The molecule has 0 atom stereocenters. The van der Waals surface area contributed by atoms with E-state index in [2.05, 4.69) is 40.9 Å². The van der Waals surface area contributed by atoms with Gasteiger partial charge in [0.05, 0.1) is 0 Å². The van der Waals surface area contributed by atoms with Crippen molar-refractivity contribution in [2.45, 2.75) is 6.92 Å². The van der Waals surface area contributed by atoms with Crippen molar-refractivity contribution in [1.29, 1.82) is 0 Å². The Balaban J connectivity index is 2.48. The predicted molar refractivity (Wildman–Crippen MR) is 52.3 cm³/mol. The standard InChI is InChI=1S/C10H9NS/c1-8-3-2-4-9(5-8)10-6-11-12-7-10/h2-7H,1H3. The van der Waals surface area contributed by atoms with E-state index in [-0.39, 0.29) is 0 Å². The van der Waals surface area contributed by atoms with Crippen molar-refractivity contribution in [1.82, 2.24) is 4.37 Å². The van der Waals surface area contributed by atoms with Gasteiger partial charge in [0, 0.05) is 17.1 Å². The molecule has 12 heavy (non-hydrogen) atoms. The average molecular weight is 175 g/mol. The van der Waals surface area contributed by atoms with E-state index in [4.69, 9.17) is 0 Å². The molecule has 0 N–H and O–H groups in total. The molecule has 0 unspecified atom stereocenters. The molecule has 0 saturated carbocycles. The van der Waals surface area contributed by atoms with Gasteiger partial charge in [-0.15, -0.1) is 0 Å². The van der Waals surface area contributed by atoms with Crippen molar-refractivity contribution in [2.24, 2.45) is 0 Å². The summed E-state index contributed by atoms with van der Waals surface area (Å²) in [6, 6.07) is 8.45. The van der Waals surface area contributed by atoms with E-state index < -0.39 is 0 Å². The van der Waals surface area contributed by atoms with Crippen molar-refractivity contribution in [3.8, 4) is 11.1 Å². The summed E-state index contributed by atoms with van der Waals surface area (Å²) >= 11 is 1.49. The monoisotopic (exact) mass is 175 g/mol. The number of nitrogens with zero attached hydrogens (tertiary/aromatic N) is 1. The van der Waals surface area contributed by atoms with E-state index in [1.807, 2.05) is 6.20 Å². The highest BCUT2D eigenvalue weighted by atomic mass is 32.1. The first-order chi connectivity index (χ1) is 5.86. The van der Waals surface area contributed by atoms with E-state index in [0.29, 0.717) is 0 Å². The molecule has 1 nitrogen and oxygen atoms in total. The minimum atomic E-state index is 1.21. The lowest BCUT2D eigenvalue weighted by molar-refractivity contribution is 1.46. The van der Waals surface area contributed by atoms with Gasteiger partial charge in [0.15, 0.2) is 0 Å². The second-order valence-corrected chi connectivity index (χ2v) is 3.44. The highest BCUT2D eigenvalue weighted by molar-refractivity contribution is 7.03. The number of benzene rings is 1. The third kappa shape index (κ3) is 1.38. The number of rotatable bonds is 1. The van der Waals surface area contributed by atoms with E-state index in [1.165, 1.54) is 28.2 Å². The van der Waals surface area contributed by atoms with Crippen molar-refractivity contribution >= 4 is 11.5 Å². The topological polar surface area (TPSA) is 12.9 Å². The molecule has 0 saturated heterocycles. The van der Waals surface area contributed by atoms with Gasteiger partial charge in [-0.2, -0.15) is 0 Å². The molecule has 2 aromatic rings. The number of aromatic nitrogens is 1. The third-order valence-corrected chi connectivity index (χ3v) is 2.37. The Kier molecular flexibility index (Phi) is 1.92. The molecule has 0 amide bonds. The summed E-state index contributed by atoms with van der Waals surface area (Å²) in [5.41, 5.74) is 3.76. The van der Waals surface area contributed by atoms with Gasteiger partial charge < -0.3 is 0 Å². The highest BCUT2D eigenvalue weighted by Gasteiger charge is 1.97. The third-order valence-electron chi connectivity index (χ3n) is 1.78. The normalized spacial score (nSPS) is 10.1. The molecule has 2 rings (SSSR count). The summed E-state index contributed by atoms with van der Waals surface area (Å²) in [5.74, 6) is 0. The number of hydrogen-bond acceptors (Lipinski definition) is 2. The fourth-order valence-corrected chi connectivity index (χ4v) is 1.72.